The highest BCUT2D eigenvalue weighted by atomic mass is 16.6. The van der Waals surface area contributed by atoms with Gasteiger partial charge in [-0.1, -0.05) is 72.8 Å². The van der Waals surface area contributed by atoms with E-state index < -0.39 is 29.9 Å². The Bertz CT molecular complexity index is 894. The van der Waals surface area contributed by atoms with Crippen LogP contribution in [0.25, 0.3) is 0 Å². The first-order chi connectivity index (χ1) is 16.2. The number of rotatable bonds is 11. The van der Waals surface area contributed by atoms with Gasteiger partial charge in [0.25, 0.3) is 0 Å². The van der Waals surface area contributed by atoms with Crippen LogP contribution in [-0.2, 0) is 22.5 Å². The number of aliphatic hydroxyl groups excluding tert-OH is 1. The molecule has 0 heterocycles. The van der Waals surface area contributed by atoms with E-state index in [1.54, 1.807) is 26.8 Å². The predicted molar refractivity (Wildman–Crippen MR) is 132 cm³/mol. The summed E-state index contributed by atoms with van der Waals surface area (Å²) < 4.78 is 10.5. The molecule has 0 bridgehead atoms. The van der Waals surface area contributed by atoms with Crippen LogP contribution < -0.4 is 10.6 Å². The molecule has 0 saturated carbocycles. The highest BCUT2D eigenvalue weighted by Gasteiger charge is 2.23. The van der Waals surface area contributed by atoms with E-state index in [1.807, 2.05) is 66.7 Å². The molecule has 7 heteroatoms. The van der Waals surface area contributed by atoms with Gasteiger partial charge in [-0.2, -0.15) is 0 Å². The van der Waals surface area contributed by atoms with Gasteiger partial charge in [-0.15, -0.1) is 0 Å². The third-order valence-electron chi connectivity index (χ3n) is 4.78. The second-order valence-electron chi connectivity index (χ2n) is 8.99. The number of unbranched alkanes of at least 4 members (excludes halogenated alkanes) is 1. The molecular formula is C27H36N2O5. The number of alkyl carbamates (subject to hydrolysis) is 2. The molecule has 0 aliphatic heterocycles. The molecule has 0 spiro atoms. The van der Waals surface area contributed by atoms with Gasteiger partial charge >= 0.3 is 12.2 Å². The molecule has 0 aliphatic carbocycles. The molecular weight excluding hydrogens is 432 g/mol. The summed E-state index contributed by atoms with van der Waals surface area (Å²) in [6, 6.07) is 18.6. The number of carbonyl (C=O) groups is 2. The number of ether oxygens (including phenoxy) is 2. The standard InChI is InChI=1S/C27H36N2O5/c1-27(2,3)34-26(32)29-23(19-21-13-7-4-8-14-21)24(30)17-11-6-12-18-28-25(31)33-20-22-15-9-5-10-16-22/h4-5,7-11,13-17,23-24,30H,6,12,18-20H2,1-3H3,(H,28,31)(H,29,32)/b17-11+/t23-,24+/m0/s1. The maximum absolute atomic E-state index is 12.3. The van der Waals surface area contributed by atoms with Crippen molar-refractivity contribution in [3.8, 4) is 0 Å². The van der Waals surface area contributed by atoms with Crippen LogP contribution in [0.1, 0.15) is 44.7 Å². The normalized spacial score (nSPS) is 13.2. The van der Waals surface area contributed by atoms with Crippen molar-refractivity contribution >= 4 is 12.2 Å². The fourth-order valence-corrected chi connectivity index (χ4v) is 3.14. The van der Waals surface area contributed by atoms with Crippen molar-refractivity contribution in [3.05, 3.63) is 83.9 Å². The first-order valence-corrected chi connectivity index (χ1v) is 11.6. The number of nitrogens with one attached hydrogen (secondary N) is 2. The molecule has 2 atom stereocenters. The van der Waals surface area contributed by atoms with Gasteiger partial charge in [-0.25, -0.2) is 9.59 Å². The van der Waals surface area contributed by atoms with Gasteiger partial charge in [0.05, 0.1) is 12.1 Å². The second-order valence-corrected chi connectivity index (χ2v) is 8.99. The third kappa shape index (κ3) is 11.5. The topological polar surface area (TPSA) is 96.9 Å². The Balaban J connectivity index is 1.76. The minimum absolute atomic E-state index is 0.228. The summed E-state index contributed by atoms with van der Waals surface area (Å²) >= 11 is 0. The van der Waals surface area contributed by atoms with E-state index in [0.29, 0.717) is 25.8 Å². The molecule has 0 radical (unpaired) electrons. The summed E-state index contributed by atoms with van der Waals surface area (Å²) in [5.74, 6) is 0. The van der Waals surface area contributed by atoms with Gasteiger partial charge in [-0.05, 0) is 51.2 Å². The summed E-state index contributed by atoms with van der Waals surface area (Å²) in [6.07, 6.45) is 3.38. The number of allylic oxidation sites excluding steroid dienone is 1. The molecule has 3 N–H and O–H groups in total. The van der Waals surface area contributed by atoms with Gasteiger partial charge in [0, 0.05) is 6.54 Å². The van der Waals surface area contributed by atoms with Crippen LogP contribution in [0, 0.1) is 0 Å². The molecule has 7 nitrogen and oxygen atoms in total. The first kappa shape index (κ1) is 26.9. The Kier molecular flexibility index (Phi) is 11.1. The van der Waals surface area contributed by atoms with Crippen LogP contribution in [-0.4, -0.2) is 41.6 Å². The molecule has 184 valence electrons. The van der Waals surface area contributed by atoms with Crippen molar-refractivity contribution in [2.45, 2.75) is 64.4 Å². The highest BCUT2D eigenvalue weighted by Crippen LogP contribution is 2.11. The molecule has 2 amide bonds. The summed E-state index contributed by atoms with van der Waals surface area (Å²) in [5.41, 5.74) is 1.30. The van der Waals surface area contributed by atoms with E-state index in [2.05, 4.69) is 10.6 Å². The lowest BCUT2D eigenvalue weighted by atomic mass is 10.0. The largest absolute Gasteiger partial charge is 0.445 e. The molecule has 2 rings (SSSR count). The van der Waals surface area contributed by atoms with Gasteiger partial charge < -0.3 is 25.2 Å². The molecule has 0 aliphatic rings. The summed E-state index contributed by atoms with van der Waals surface area (Å²) in [4.78, 5) is 24.0. The highest BCUT2D eigenvalue weighted by molar-refractivity contribution is 5.68. The van der Waals surface area contributed by atoms with Crippen molar-refractivity contribution in [2.75, 3.05) is 6.54 Å². The Morgan fingerprint density at radius 3 is 2.21 bits per heavy atom. The van der Waals surface area contributed by atoms with Gasteiger partial charge in [0.1, 0.15) is 12.2 Å². The lowest BCUT2D eigenvalue weighted by molar-refractivity contribution is 0.0455. The average Bonchev–Trinajstić information content (AvgIpc) is 2.79. The number of amides is 2. The Hall–Kier alpha value is -3.32. The van der Waals surface area contributed by atoms with E-state index in [1.165, 1.54) is 0 Å². The lowest BCUT2D eigenvalue weighted by Crippen LogP contribution is -2.46. The SMILES string of the molecule is CC(C)(C)OC(=O)N[C@@H](Cc1ccccc1)[C@H](O)/C=C/CCCNC(=O)OCc1ccccc1. The molecule has 0 fully saturated rings. The molecule has 0 saturated heterocycles. The van der Waals surface area contributed by atoms with Crippen LogP contribution in [0.3, 0.4) is 0 Å². The zero-order chi connectivity index (χ0) is 24.8. The molecule has 2 aromatic rings. The molecule has 2 aromatic carbocycles. The fraction of sp³-hybridized carbons (Fsp3) is 0.407. The Morgan fingerprint density at radius 1 is 0.971 bits per heavy atom. The summed E-state index contributed by atoms with van der Waals surface area (Å²) in [6.45, 7) is 6.06. The number of carbonyl (C=O) groups excluding carboxylic acids is 2. The molecule has 34 heavy (non-hydrogen) atoms. The first-order valence-electron chi connectivity index (χ1n) is 11.6. The third-order valence-corrected chi connectivity index (χ3v) is 4.78. The van der Waals surface area contributed by atoms with E-state index >= 15 is 0 Å². The van der Waals surface area contributed by atoms with Crippen molar-refractivity contribution < 1.29 is 24.2 Å². The Morgan fingerprint density at radius 2 is 1.59 bits per heavy atom. The molecule has 0 unspecified atom stereocenters. The number of hydrogen-bond donors (Lipinski definition) is 3. The second kappa shape index (κ2) is 14.1. The van der Waals surface area contributed by atoms with Crippen LogP contribution in [0.15, 0.2) is 72.8 Å². The maximum atomic E-state index is 12.3. The lowest BCUT2D eigenvalue weighted by Gasteiger charge is -2.25. The molecule has 0 aromatic heterocycles. The average molecular weight is 469 g/mol. The fourth-order valence-electron chi connectivity index (χ4n) is 3.14. The number of aliphatic hydroxyl groups is 1. The minimum atomic E-state index is -0.892. The van der Waals surface area contributed by atoms with Crippen molar-refractivity contribution in [3.63, 3.8) is 0 Å². The quantitative estimate of drug-likeness (QED) is 0.327. The minimum Gasteiger partial charge on any atom is -0.445 e. The Labute approximate surface area is 202 Å². The van der Waals surface area contributed by atoms with E-state index in [4.69, 9.17) is 9.47 Å². The zero-order valence-electron chi connectivity index (χ0n) is 20.2. The van der Waals surface area contributed by atoms with E-state index in [9.17, 15) is 14.7 Å². The van der Waals surface area contributed by atoms with Gasteiger partial charge in [0.15, 0.2) is 0 Å². The van der Waals surface area contributed by atoms with E-state index in [-0.39, 0.29) is 6.61 Å². The predicted octanol–water partition coefficient (Wildman–Crippen LogP) is 4.75. The van der Waals surface area contributed by atoms with Crippen molar-refractivity contribution in [2.24, 2.45) is 0 Å². The van der Waals surface area contributed by atoms with Gasteiger partial charge in [-0.3, -0.25) is 0 Å². The summed E-state index contributed by atoms with van der Waals surface area (Å²) in [5, 5.41) is 16.2. The summed E-state index contributed by atoms with van der Waals surface area (Å²) in [7, 11) is 0. The smallest absolute Gasteiger partial charge is 0.407 e. The van der Waals surface area contributed by atoms with Crippen LogP contribution in [0.2, 0.25) is 0 Å². The monoisotopic (exact) mass is 468 g/mol. The number of benzene rings is 2. The van der Waals surface area contributed by atoms with Crippen LogP contribution in [0.5, 0.6) is 0 Å². The van der Waals surface area contributed by atoms with Crippen molar-refractivity contribution in [1.29, 1.82) is 0 Å². The van der Waals surface area contributed by atoms with Crippen LogP contribution in [0.4, 0.5) is 9.59 Å². The van der Waals surface area contributed by atoms with Crippen LogP contribution >= 0.6 is 0 Å². The number of hydrogen-bond acceptors (Lipinski definition) is 5. The van der Waals surface area contributed by atoms with Gasteiger partial charge in [0.2, 0.25) is 0 Å². The van der Waals surface area contributed by atoms with Crippen molar-refractivity contribution in [1.82, 2.24) is 10.6 Å². The van der Waals surface area contributed by atoms with E-state index in [0.717, 1.165) is 11.1 Å². The zero-order valence-corrected chi connectivity index (χ0v) is 20.2. The maximum Gasteiger partial charge on any atom is 0.407 e.